The summed E-state index contributed by atoms with van der Waals surface area (Å²) < 4.78 is 0. The van der Waals surface area contributed by atoms with Gasteiger partial charge in [0.25, 0.3) is 0 Å². The summed E-state index contributed by atoms with van der Waals surface area (Å²) in [6, 6.07) is 0. The second-order valence-electron chi connectivity index (χ2n) is 6.05. The van der Waals surface area contributed by atoms with Gasteiger partial charge in [0.2, 0.25) is 5.91 Å². The molecule has 1 saturated heterocycles. The lowest BCUT2D eigenvalue weighted by Gasteiger charge is -2.36. The van der Waals surface area contributed by atoms with Crippen molar-refractivity contribution in [3.63, 3.8) is 0 Å². The number of aliphatic carboxylic acids is 1. The monoisotopic (exact) mass is 279 g/mol. The van der Waals surface area contributed by atoms with E-state index in [1.165, 1.54) is 12.8 Å². The van der Waals surface area contributed by atoms with Crippen molar-refractivity contribution in [2.75, 3.05) is 13.1 Å². The second kappa shape index (κ2) is 6.91. The maximum absolute atomic E-state index is 12.6. The number of piperidine rings is 1. The Kier molecular flexibility index (Phi) is 5.21. The number of hydrogen-bond donors (Lipinski definition) is 1. The SMILES string of the molecule is CCCC1CCN(C(=O)[C@@H]2CC=CC[C@@H]2C(=O)O)CC1. The van der Waals surface area contributed by atoms with Crippen LogP contribution >= 0.6 is 0 Å². The molecule has 1 fully saturated rings. The number of carboxylic acids is 1. The first kappa shape index (κ1) is 15.1. The maximum atomic E-state index is 12.6. The minimum atomic E-state index is -0.839. The van der Waals surface area contributed by atoms with Crippen LogP contribution in [-0.4, -0.2) is 35.0 Å². The van der Waals surface area contributed by atoms with Crippen LogP contribution in [0.15, 0.2) is 12.2 Å². The third-order valence-corrected chi connectivity index (χ3v) is 4.69. The zero-order valence-electron chi connectivity index (χ0n) is 12.3. The average molecular weight is 279 g/mol. The second-order valence-corrected chi connectivity index (χ2v) is 6.05. The molecule has 112 valence electrons. The van der Waals surface area contributed by atoms with Gasteiger partial charge in [0.1, 0.15) is 0 Å². The van der Waals surface area contributed by atoms with Gasteiger partial charge in [-0.15, -0.1) is 0 Å². The zero-order valence-corrected chi connectivity index (χ0v) is 12.3. The molecule has 0 aromatic carbocycles. The van der Waals surface area contributed by atoms with Crippen LogP contribution in [0.25, 0.3) is 0 Å². The van der Waals surface area contributed by atoms with Crippen LogP contribution in [0.5, 0.6) is 0 Å². The summed E-state index contributed by atoms with van der Waals surface area (Å²) in [6.45, 7) is 3.80. The molecule has 1 N–H and O–H groups in total. The summed E-state index contributed by atoms with van der Waals surface area (Å²) in [4.78, 5) is 25.7. The minimum absolute atomic E-state index is 0.0525. The van der Waals surface area contributed by atoms with E-state index in [0.717, 1.165) is 31.8 Å². The van der Waals surface area contributed by atoms with Gasteiger partial charge in [-0.2, -0.15) is 0 Å². The van der Waals surface area contributed by atoms with E-state index >= 15 is 0 Å². The number of allylic oxidation sites excluding steroid dienone is 2. The molecule has 1 aliphatic carbocycles. The van der Waals surface area contributed by atoms with Crippen LogP contribution < -0.4 is 0 Å². The van der Waals surface area contributed by atoms with Crippen LogP contribution in [0, 0.1) is 17.8 Å². The predicted octanol–water partition coefficient (Wildman–Crippen LogP) is 2.69. The summed E-state index contributed by atoms with van der Waals surface area (Å²) >= 11 is 0. The number of carbonyl (C=O) groups excluding carboxylic acids is 1. The first-order valence-electron chi connectivity index (χ1n) is 7.80. The first-order chi connectivity index (χ1) is 9.63. The molecule has 0 unspecified atom stereocenters. The third kappa shape index (κ3) is 3.41. The highest BCUT2D eigenvalue weighted by Crippen LogP contribution is 2.30. The predicted molar refractivity (Wildman–Crippen MR) is 77.2 cm³/mol. The fourth-order valence-electron chi connectivity index (χ4n) is 3.44. The van der Waals surface area contributed by atoms with Crippen molar-refractivity contribution in [1.82, 2.24) is 4.90 Å². The third-order valence-electron chi connectivity index (χ3n) is 4.69. The van der Waals surface area contributed by atoms with Crippen molar-refractivity contribution < 1.29 is 14.7 Å². The topological polar surface area (TPSA) is 57.6 Å². The van der Waals surface area contributed by atoms with E-state index in [4.69, 9.17) is 0 Å². The van der Waals surface area contributed by atoms with Gasteiger partial charge < -0.3 is 10.0 Å². The molecule has 4 heteroatoms. The van der Waals surface area contributed by atoms with Crippen molar-refractivity contribution in [2.45, 2.75) is 45.4 Å². The number of likely N-dealkylation sites (tertiary alicyclic amines) is 1. The number of amides is 1. The maximum Gasteiger partial charge on any atom is 0.307 e. The van der Waals surface area contributed by atoms with Gasteiger partial charge in [0, 0.05) is 13.1 Å². The average Bonchev–Trinajstić information content (AvgIpc) is 2.47. The molecule has 1 amide bonds. The summed E-state index contributed by atoms with van der Waals surface area (Å²) in [6.07, 6.45) is 9.48. The Morgan fingerprint density at radius 3 is 2.30 bits per heavy atom. The minimum Gasteiger partial charge on any atom is -0.481 e. The summed E-state index contributed by atoms with van der Waals surface area (Å²) in [7, 11) is 0. The first-order valence-corrected chi connectivity index (χ1v) is 7.80. The largest absolute Gasteiger partial charge is 0.481 e. The fraction of sp³-hybridized carbons (Fsp3) is 0.750. The molecular weight excluding hydrogens is 254 g/mol. The molecule has 0 saturated carbocycles. The molecular formula is C16H25NO3. The van der Waals surface area contributed by atoms with Crippen LogP contribution in [0.4, 0.5) is 0 Å². The molecule has 2 rings (SSSR count). The number of carbonyl (C=O) groups is 2. The number of hydrogen-bond acceptors (Lipinski definition) is 2. The van der Waals surface area contributed by atoms with Crippen LogP contribution in [0.2, 0.25) is 0 Å². The van der Waals surface area contributed by atoms with Gasteiger partial charge in [0.15, 0.2) is 0 Å². The van der Waals surface area contributed by atoms with E-state index in [0.29, 0.717) is 12.8 Å². The smallest absolute Gasteiger partial charge is 0.307 e. The van der Waals surface area contributed by atoms with E-state index in [9.17, 15) is 14.7 Å². The molecule has 0 bridgehead atoms. The molecule has 2 atom stereocenters. The number of carboxylic acid groups (broad SMARTS) is 1. The Morgan fingerprint density at radius 2 is 1.75 bits per heavy atom. The van der Waals surface area contributed by atoms with Crippen LogP contribution in [0.3, 0.4) is 0 Å². The van der Waals surface area contributed by atoms with Gasteiger partial charge in [-0.05, 0) is 31.6 Å². The van der Waals surface area contributed by atoms with Crippen molar-refractivity contribution >= 4 is 11.9 Å². The van der Waals surface area contributed by atoms with E-state index in [-0.39, 0.29) is 11.8 Å². The quantitative estimate of drug-likeness (QED) is 0.805. The molecule has 20 heavy (non-hydrogen) atoms. The molecule has 1 heterocycles. The van der Waals surface area contributed by atoms with Gasteiger partial charge in [-0.25, -0.2) is 0 Å². The normalized spacial score (nSPS) is 27.6. The highest BCUT2D eigenvalue weighted by Gasteiger charge is 2.37. The fourth-order valence-corrected chi connectivity index (χ4v) is 3.44. The molecule has 0 spiro atoms. The molecule has 2 aliphatic rings. The van der Waals surface area contributed by atoms with Gasteiger partial charge in [-0.3, -0.25) is 9.59 Å². The Balaban J connectivity index is 1.94. The summed E-state index contributed by atoms with van der Waals surface area (Å²) in [5.74, 6) is -0.947. The van der Waals surface area contributed by atoms with Gasteiger partial charge >= 0.3 is 5.97 Å². The lowest BCUT2D eigenvalue weighted by molar-refractivity contribution is -0.151. The Labute approximate surface area is 120 Å². The lowest BCUT2D eigenvalue weighted by atomic mass is 9.81. The molecule has 0 aromatic heterocycles. The highest BCUT2D eigenvalue weighted by atomic mass is 16.4. The molecule has 0 radical (unpaired) electrons. The van der Waals surface area contributed by atoms with E-state index < -0.39 is 11.9 Å². The van der Waals surface area contributed by atoms with Gasteiger partial charge in [0.05, 0.1) is 11.8 Å². The van der Waals surface area contributed by atoms with E-state index in [2.05, 4.69) is 6.92 Å². The highest BCUT2D eigenvalue weighted by molar-refractivity contribution is 5.85. The van der Waals surface area contributed by atoms with Crippen molar-refractivity contribution in [1.29, 1.82) is 0 Å². The molecule has 4 nitrogen and oxygen atoms in total. The summed E-state index contributed by atoms with van der Waals surface area (Å²) in [5, 5.41) is 9.26. The van der Waals surface area contributed by atoms with Crippen LogP contribution in [-0.2, 0) is 9.59 Å². The van der Waals surface area contributed by atoms with E-state index in [1.54, 1.807) is 0 Å². The van der Waals surface area contributed by atoms with Gasteiger partial charge in [-0.1, -0.05) is 31.9 Å². The Bertz CT molecular complexity index is 383. The van der Waals surface area contributed by atoms with E-state index in [1.807, 2.05) is 17.1 Å². The Hall–Kier alpha value is -1.32. The zero-order chi connectivity index (χ0) is 14.5. The van der Waals surface area contributed by atoms with Crippen molar-refractivity contribution in [2.24, 2.45) is 17.8 Å². The molecule has 1 aliphatic heterocycles. The van der Waals surface area contributed by atoms with Crippen molar-refractivity contribution in [3.05, 3.63) is 12.2 Å². The van der Waals surface area contributed by atoms with Crippen molar-refractivity contribution in [3.8, 4) is 0 Å². The number of rotatable bonds is 4. The number of nitrogens with zero attached hydrogens (tertiary/aromatic N) is 1. The Morgan fingerprint density at radius 1 is 1.15 bits per heavy atom. The standard InChI is InChI=1S/C16H25NO3/c1-2-5-12-8-10-17(11-9-12)15(18)13-6-3-4-7-14(13)16(19)20/h3-4,12-14H,2,5-11H2,1H3,(H,19,20)/t13-,14+/m1/s1. The van der Waals surface area contributed by atoms with Crippen LogP contribution in [0.1, 0.15) is 45.4 Å². The summed E-state index contributed by atoms with van der Waals surface area (Å²) in [5.41, 5.74) is 0. The lowest BCUT2D eigenvalue weighted by Crippen LogP contribution is -2.45. The molecule has 0 aromatic rings.